The maximum Gasteiger partial charge on any atom is 0.251 e. The number of aromatic nitrogens is 2. The summed E-state index contributed by atoms with van der Waals surface area (Å²) in [5.74, 6) is -0.145. The molecule has 2 aromatic rings. The molecule has 0 aliphatic rings. The van der Waals surface area contributed by atoms with Gasteiger partial charge in [0, 0.05) is 28.9 Å². The number of amides is 1. The molecule has 0 saturated heterocycles. The van der Waals surface area contributed by atoms with Gasteiger partial charge in [0.15, 0.2) is 0 Å². The van der Waals surface area contributed by atoms with Gasteiger partial charge in [-0.1, -0.05) is 17.7 Å². The van der Waals surface area contributed by atoms with Crippen molar-refractivity contribution in [3.8, 4) is 0 Å². The number of carbonyl (C=O) groups is 1. The minimum Gasteiger partial charge on any atom is -0.348 e. The van der Waals surface area contributed by atoms with Gasteiger partial charge in [-0.2, -0.15) is 5.10 Å². The first kappa shape index (κ1) is 11.7. The summed E-state index contributed by atoms with van der Waals surface area (Å²) >= 11 is 5.96. The van der Waals surface area contributed by atoms with Crippen LogP contribution >= 0.6 is 11.6 Å². The molecule has 0 spiro atoms. The maximum atomic E-state index is 11.8. The van der Waals surface area contributed by atoms with Crippen LogP contribution in [0.1, 0.15) is 21.5 Å². The molecular weight excluding hydrogens is 238 g/mol. The van der Waals surface area contributed by atoms with Gasteiger partial charge in [-0.25, -0.2) is 0 Å². The van der Waals surface area contributed by atoms with E-state index >= 15 is 0 Å². The van der Waals surface area contributed by atoms with E-state index in [-0.39, 0.29) is 5.91 Å². The van der Waals surface area contributed by atoms with E-state index in [1.807, 2.05) is 13.0 Å². The summed E-state index contributed by atoms with van der Waals surface area (Å²) in [5, 5.41) is 9.88. The van der Waals surface area contributed by atoms with Gasteiger partial charge in [0.25, 0.3) is 5.91 Å². The highest BCUT2D eigenvalue weighted by Crippen LogP contribution is 2.16. The Morgan fingerprint density at radius 2 is 2.35 bits per heavy atom. The van der Waals surface area contributed by atoms with E-state index < -0.39 is 0 Å². The summed E-state index contributed by atoms with van der Waals surface area (Å²) in [7, 11) is 0. The van der Waals surface area contributed by atoms with Crippen LogP contribution in [0.5, 0.6) is 0 Å². The summed E-state index contributed by atoms with van der Waals surface area (Å²) in [5.41, 5.74) is 2.44. The number of nitrogens with one attached hydrogen (secondary N) is 2. The summed E-state index contributed by atoms with van der Waals surface area (Å²) in [4.78, 5) is 11.8. The van der Waals surface area contributed by atoms with Crippen LogP contribution in [-0.2, 0) is 6.54 Å². The predicted molar refractivity (Wildman–Crippen MR) is 65.9 cm³/mol. The molecule has 1 aromatic heterocycles. The summed E-state index contributed by atoms with van der Waals surface area (Å²) in [6.45, 7) is 2.34. The number of nitrogens with zero attached hydrogens (tertiary/aromatic N) is 1. The third-order valence-corrected chi connectivity index (χ3v) is 2.85. The van der Waals surface area contributed by atoms with Gasteiger partial charge in [0.1, 0.15) is 0 Å². The van der Waals surface area contributed by atoms with Crippen LogP contribution in [0.4, 0.5) is 0 Å². The predicted octanol–water partition coefficient (Wildman–Crippen LogP) is 2.30. The van der Waals surface area contributed by atoms with E-state index in [0.717, 1.165) is 11.1 Å². The molecule has 1 amide bonds. The number of H-pyrrole nitrogens is 1. The molecule has 4 nitrogen and oxygen atoms in total. The molecular formula is C12H12ClN3O. The Morgan fingerprint density at radius 1 is 1.53 bits per heavy atom. The molecule has 2 N–H and O–H groups in total. The Bertz CT molecular complexity index is 523. The van der Waals surface area contributed by atoms with Gasteiger partial charge in [-0.05, 0) is 24.6 Å². The number of aryl methyl sites for hydroxylation is 1. The molecule has 0 atom stereocenters. The molecule has 2 rings (SSSR count). The van der Waals surface area contributed by atoms with Crippen LogP contribution in [0.2, 0.25) is 5.02 Å². The SMILES string of the molecule is Cc1ccc(C(=O)NCc2cn[nH]c2)cc1Cl. The Morgan fingerprint density at radius 3 is 3.00 bits per heavy atom. The monoisotopic (exact) mass is 249 g/mol. The van der Waals surface area contributed by atoms with Crippen LogP contribution in [-0.4, -0.2) is 16.1 Å². The third kappa shape index (κ3) is 2.85. The van der Waals surface area contributed by atoms with E-state index in [1.165, 1.54) is 0 Å². The first-order valence-electron chi connectivity index (χ1n) is 5.19. The van der Waals surface area contributed by atoms with Gasteiger partial charge in [-0.15, -0.1) is 0 Å². The molecule has 0 saturated carbocycles. The highest BCUT2D eigenvalue weighted by molar-refractivity contribution is 6.31. The van der Waals surface area contributed by atoms with Crippen molar-refractivity contribution in [2.24, 2.45) is 0 Å². The average molecular weight is 250 g/mol. The second kappa shape index (κ2) is 5.01. The van der Waals surface area contributed by atoms with Crippen molar-refractivity contribution in [2.75, 3.05) is 0 Å². The molecule has 1 aromatic carbocycles. The van der Waals surface area contributed by atoms with E-state index in [4.69, 9.17) is 11.6 Å². The zero-order valence-electron chi connectivity index (χ0n) is 9.33. The number of hydrogen-bond acceptors (Lipinski definition) is 2. The van der Waals surface area contributed by atoms with Gasteiger partial charge in [0.2, 0.25) is 0 Å². The number of halogens is 1. The Hall–Kier alpha value is -1.81. The van der Waals surface area contributed by atoms with Crippen molar-refractivity contribution in [1.29, 1.82) is 0 Å². The molecule has 0 unspecified atom stereocenters. The van der Waals surface area contributed by atoms with Crippen molar-refractivity contribution in [1.82, 2.24) is 15.5 Å². The Labute approximate surface area is 104 Å². The van der Waals surface area contributed by atoms with Crippen LogP contribution in [0, 0.1) is 6.92 Å². The van der Waals surface area contributed by atoms with E-state index in [1.54, 1.807) is 24.5 Å². The van der Waals surface area contributed by atoms with Crippen LogP contribution in [0.3, 0.4) is 0 Å². The maximum absolute atomic E-state index is 11.8. The smallest absolute Gasteiger partial charge is 0.251 e. The number of hydrogen-bond donors (Lipinski definition) is 2. The Balaban J connectivity index is 2.02. The minimum absolute atomic E-state index is 0.145. The van der Waals surface area contributed by atoms with Crippen molar-refractivity contribution in [2.45, 2.75) is 13.5 Å². The lowest BCUT2D eigenvalue weighted by Crippen LogP contribution is -2.22. The summed E-state index contributed by atoms with van der Waals surface area (Å²) < 4.78 is 0. The average Bonchev–Trinajstić information content (AvgIpc) is 2.82. The fourth-order valence-corrected chi connectivity index (χ4v) is 1.57. The zero-order chi connectivity index (χ0) is 12.3. The van der Waals surface area contributed by atoms with E-state index in [0.29, 0.717) is 17.1 Å². The third-order valence-electron chi connectivity index (χ3n) is 2.44. The molecule has 0 fully saturated rings. The highest BCUT2D eigenvalue weighted by atomic mass is 35.5. The summed E-state index contributed by atoms with van der Waals surface area (Å²) in [6, 6.07) is 5.25. The van der Waals surface area contributed by atoms with Crippen molar-refractivity contribution in [3.05, 3.63) is 52.3 Å². The van der Waals surface area contributed by atoms with Crippen LogP contribution in [0.15, 0.2) is 30.6 Å². The molecule has 5 heteroatoms. The Kier molecular flexibility index (Phi) is 3.44. The molecule has 88 valence electrons. The van der Waals surface area contributed by atoms with Crippen molar-refractivity contribution in [3.63, 3.8) is 0 Å². The molecule has 0 aliphatic heterocycles. The molecule has 17 heavy (non-hydrogen) atoms. The van der Waals surface area contributed by atoms with Gasteiger partial charge >= 0.3 is 0 Å². The van der Waals surface area contributed by atoms with Gasteiger partial charge in [-0.3, -0.25) is 9.89 Å². The number of benzene rings is 1. The summed E-state index contributed by atoms with van der Waals surface area (Å²) in [6.07, 6.45) is 3.41. The quantitative estimate of drug-likeness (QED) is 0.877. The fraction of sp³-hybridized carbons (Fsp3) is 0.167. The topological polar surface area (TPSA) is 57.8 Å². The fourth-order valence-electron chi connectivity index (χ4n) is 1.39. The first-order valence-corrected chi connectivity index (χ1v) is 5.56. The number of aromatic amines is 1. The zero-order valence-corrected chi connectivity index (χ0v) is 10.1. The molecule has 0 bridgehead atoms. The van der Waals surface area contributed by atoms with Gasteiger partial charge < -0.3 is 5.32 Å². The van der Waals surface area contributed by atoms with Gasteiger partial charge in [0.05, 0.1) is 6.20 Å². The largest absolute Gasteiger partial charge is 0.348 e. The van der Waals surface area contributed by atoms with E-state index in [2.05, 4.69) is 15.5 Å². The standard InChI is InChI=1S/C12H12ClN3O/c1-8-2-3-10(4-11(8)13)12(17)14-5-9-6-15-16-7-9/h2-4,6-7H,5H2,1H3,(H,14,17)(H,15,16). The molecule has 0 radical (unpaired) electrons. The molecule has 0 aliphatic carbocycles. The van der Waals surface area contributed by atoms with Crippen molar-refractivity contribution < 1.29 is 4.79 Å². The minimum atomic E-state index is -0.145. The highest BCUT2D eigenvalue weighted by Gasteiger charge is 2.07. The van der Waals surface area contributed by atoms with E-state index in [9.17, 15) is 4.79 Å². The number of carbonyl (C=O) groups excluding carboxylic acids is 1. The normalized spacial score (nSPS) is 10.2. The lowest BCUT2D eigenvalue weighted by molar-refractivity contribution is 0.0951. The molecule has 1 heterocycles. The van der Waals surface area contributed by atoms with Crippen molar-refractivity contribution >= 4 is 17.5 Å². The lowest BCUT2D eigenvalue weighted by atomic mass is 10.1. The van der Waals surface area contributed by atoms with Crippen LogP contribution < -0.4 is 5.32 Å². The number of rotatable bonds is 3. The van der Waals surface area contributed by atoms with Crippen LogP contribution in [0.25, 0.3) is 0 Å². The second-order valence-electron chi connectivity index (χ2n) is 3.75. The lowest BCUT2D eigenvalue weighted by Gasteiger charge is -2.05. The first-order chi connectivity index (χ1) is 8.16. The second-order valence-corrected chi connectivity index (χ2v) is 4.16.